The van der Waals surface area contributed by atoms with Gasteiger partial charge in [-0.1, -0.05) is 27.2 Å². The van der Waals surface area contributed by atoms with Crippen molar-refractivity contribution in [2.75, 3.05) is 0 Å². The van der Waals surface area contributed by atoms with E-state index in [-0.39, 0.29) is 0 Å². The molecule has 1 aliphatic carbocycles. The Bertz CT molecular complexity index is 355. The van der Waals surface area contributed by atoms with Crippen molar-refractivity contribution in [2.45, 2.75) is 71.4 Å². The molecule has 0 bridgehead atoms. The van der Waals surface area contributed by atoms with E-state index in [1.165, 1.54) is 41.3 Å². The van der Waals surface area contributed by atoms with E-state index in [2.05, 4.69) is 26.1 Å². The Morgan fingerprint density at radius 2 is 2.18 bits per heavy atom. The molecule has 1 aromatic heterocycles. The lowest BCUT2D eigenvalue weighted by atomic mass is 10.1. The van der Waals surface area contributed by atoms with Crippen molar-refractivity contribution in [1.29, 1.82) is 0 Å². The summed E-state index contributed by atoms with van der Waals surface area (Å²) in [6.45, 7) is 7.80. The van der Waals surface area contributed by atoms with Crippen molar-refractivity contribution in [3.05, 3.63) is 15.6 Å². The largest absolute Gasteiger partial charge is 0.309 e. The highest BCUT2D eigenvalue weighted by atomic mass is 32.1. The van der Waals surface area contributed by atoms with E-state index in [4.69, 9.17) is 4.98 Å². The normalized spacial score (nSPS) is 17.4. The maximum Gasteiger partial charge on any atom is 0.0959 e. The Balaban J connectivity index is 2.05. The molecule has 2 nitrogen and oxygen atoms in total. The van der Waals surface area contributed by atoms with E-state index in [1.807, 2.05) is 11.3 Å². The summed E-state index contributed by atoms with van der Waals surface area (Å²) in [6.07, 6.45) is 6.24. The summed E-state index contributed by atoms with van der Waals surface area (Å²) in [6, 6.07) is 0.790. The number of nitrogens with one attached hydrogen (secondary N) is 1. The highest BCUT2D eigenvalue weighted by molar-refractivity contribution is 7.11. The molecule has 0 radical (unpaired) electrons. The molecule has 0 aromatic carbocycles. The summed E-state index contributed by atoms with van der Waals surface area (Å²) in [5.41, 5.74) is 1.35. The molecular formula is C14H24N2S. The average Bonchev–Trinajstić information content (AvgIpc) is 3.08. The van der Waals surface area contributed by atoms with Gasteiger partial charge in [0.15, 0.2) is 0 Å². The van der Waals surface area contributed by atoms with Crippen LogP contribution in [0.2, 0.25) is 0 Å². The first-order valence-corrected chi connectivity index (χ1v) is 7.78. The summed E-state index contributed by atoms with van der Waals surface area (Å²) < 4.78 is 0. The number of hydrogen-bond acceptors (Lipinski definition) is 3. The molecule has 17 heavy (non-hydrogen) atoms. The standard InChI is InChI=1S/C14H24N2S/c1-4-6-12-13(9-15-11-7-8-11)17-14(16-12)10(3)5-2/h10-11,15H,4-9H2,1-3H3. The van der Waals surface area contributed by atoms with E-state index in [0.717, 1.165) is 19.0 Å². The zero-order valence-electron chi connectivity index (χ0n) is 11.3. The van der Waals surface area contributed by atoms with Crippen LogP contribution in [0.1, 0.15) is 68.0 Å². The fraction of sp³-hybridized carbons (Fsp3) is 0.786. The Hall–Kier alpha value is -0.410. The van der Waals surface area contributed by atoms with Crippen molar-refractivity contribution < 1.29 is 0 Å². The minimum absolute atomic E-state index is 0.616. The van der Waals surface area contributed by atoms with Gasteiger partial charge in [0.05, 0.1) is 10.7 Å². The van der Waals surface area contributed by atoms with Gasteiger partial charge in [0.2, 0.25) is 0 Å². The van der Waals surface area contributed by atoms with Gasteiger partial charge in [-0.15, -0.1) is 11.3 Å². The maximum atomic E-state index is 4.85. The molecule has 1 aliphatic rings. The lowest BCUT2D eigenvalue weighted by molar-refractivity contribution is 0.684. The summed E-state index contributed by atoms with van der Waals surface area (Å²) >= 11 is 1.93. The van der Waals surface area contributed by atoms with Crippen LogP contribution in [0.5, 0.6) is 0 Å². The maximum absolute atomic E-state index is 4.85. The van der Waals surface area contributed by atoms with Crippen molar-refractivity contribution in [3.8, 4) is 0 Å². The highest BCUT2D eigenvalue weighted by Crippen LogP contribution is 2.29. The molecule has 96 valence electrons. The molecule has 1 heterocycles. The van der Waals surface area contributed by atoms with Gasteiger partial charge in [-0.25, -0.2) is 4.98 Å². The van der Waals surface area contributed by atoms with Crippen molar-refractivity contribution in [2.24, 2.45) is 0 Å². The number of aromatic nitrogens is 1. The molecule has 3 heteroatoms. The van der Waals surface area contributed by atoms with Crippen LogP contribution in [0.15, 0.2) is 0 Å². The van der Waals surface area contributed by atoms with Gasteiger partial charge in [0, 0.05) is 23.4 Å². The molecule has 1 fully saturated rings. The van der Waals surface area contributed by atoms with Gasteiger partial charge < -0.3 is 5.32 Å². The van der Waals surface area contributed by atoms with Gasteiger partial charge in [-0.05, 0) is 25.7 Å². The molecule has 1 N–H and O–H groups in total. The minimum Gasteiger partial charge on any atom is -0.309 e. The first-order valence-electron chi connectivity index (χ1n) is 6.96. The third-order valence-electron chi connectivity index (χ3n) is 3.44. The molecule has 1 atom stereocenters. The van der Waals surface area contributed by atoms with Crippen LogP contribution in [-0.4, -0.2) is 11.0 Å². The van der Waals surface area contributed by atoms with Gasteiger partial charge in [0.1, 0.15) is 0 Å². The smallest absolute Gasteiger partial charge is 0.0959 e. The number of rotatable bonds is 7. The van der Waals surface area contributed by atoms with Gasteiger partial charge in [-0.3, -0.25) is 0 Å². The molecule has 1 unspecified atom stereocenters. The summed E-state index contributed by atoms with van der Waals surface area (Å²) in [7, 11) is 0. The molecular weight excluding hydrogens is 228 g/mol. The van der Waals surface area contributed by atoms with Crippen LogP contribution in [0.25, 0.3) is 0 Å². The predicted molar refractivity (Wildman–Crippen MR) is 74.7 cm³/mol. The van der Waals surface area contributed by atoms with E-state index in [9.17, 15) is 0 Å². The zero-order chi connectivity index (χ0) is 12.3. The average molecular weight is 252 g/mol. The second kappa shape index (κ2) is 5.96. The zero-order valence-corrected chi connectivity index (χ0v) is 12.1. The Kier molecular flexibility index (Phi) is 4.57. The Morgan fingerprint density at radius 1 is 1.41 bits per heavy atom. The van der Waals surface area contributed by atoms with E-state index in [0.29, 0.717) is 5.92 Å². The molecule has 0 aliphatic heterocycles. The third-order valence-corrected chi connectivity index (χ3v) is 4.77. The van der Waals surface area contributed by atoms with Crippen LogP contribution in [0.4, 0.5) is 0 Å². The second-order valence-corrected chi connectivity index (χ2v) is 6.25. The lowest BCUT2D eigenvalue weighted by Gasteiger charge is -2.02. The topological polar surface area (TPSA) is 24.9 Å². The SMILES string of the molecule is CCCc1nc(C(C)CC)sc1CNC1CC1. The summed E-state index contributed by atoms with van der Waals surface area (Å²) in [5.74, 6) is 0.616. The first kappa shape index (κ1) is 13.0. The monoisotopic (exact) mass is 252 g/mol. The van der Waals surface area contributed by atoms with Gasteiger partial charge in [-0.2, -0.15) is 0 Å². The van der Waals surface area contributed by atoms with Crippen LogP contribution in [0.3, 0.4) is 0 Å². The third kappa shape index (κ3) is 3.52. The Labute approximate surface area is 109 Å². The predicted octanol–water partition coefficient (Wildman–Crippen LogP) is 3.86. The van der Waals surface area contributed by atoms with Crippen LogP contribution in [0, 0.1) is 0 Å². The van der Waals surface area contributed by atoms with Crippen molar-refractivity contribution in [3.63, 3.8) is 0 Å². The number of thiazole rings is 1. The van der Waals surface area contributed by atoms with E-state index < -0.39 is 0 Å². The van der Waals surface area contributed by atoms with Crippen LogP contribution >= 0.6 is 11.3 Å². The Morgan fingerprint density at radius 3 is 2.76 bits per heavy atom. The second-order valence-electron chi connectivity index (χ2n) is 5.14. The molecule has 1 saturated carbocycles. The number of nitrogens with zero attached hydrogens (tertiary/aromatic N) is 1. The fourth-order valence-electron chi connectivity index (χ4n) is 1.88. The van der Waals surface area contributed by atoms with Gasteiger partial charge >= 0.3 is 0 Å². The van der Waals surface area contributed by atoms with Gasteiger partial charge in [0.25, 0.3) is 0 Å². The molecule has 0 amide bonds. The van der Waals surface area contributed by atoms with Crippen LogP contribution < -0.4 is 5.32 Å². The van der Waals surface area contributed by atoms with E-state index >= 15 is 0 Å². The van der Waals surface area contributed by atoms with Crippen molar-refractivity contribution >= 4 is 11.3 Å². The number of aryl methyl sites for hydroxylation is 1. The molecule has 0 spiro atoms. The van der Waals surface area contributed by atoms with Crippen molar-refractivity contribution in [1.82, 2.24) is 10.3 Å². The molecule has 1 aromatic rings. The number of hydrogen-bond donors (Lipinski definition) is 1. The van der Waals surface area contributed by atoms with Crippen LogP contribution in [-0.2, 0) is 13.0 Å². The molecule has 2 rings (SSSR count). The minimum atomic E-state index is 0.616. The highest BCUT2D eigenvalue weighted by Gasteiger charge is 2.22. The summed E-state index contributed by atoms with van der Waals surface area (Å²) in [4.78, 5) is 6.33. The summed E-state index contributed by atoms with van der Waals surface area (Å²) in [5, 5.41) is 4.95. The molecule has 0 saturated heterocycles. The fourth-order valence-corrected chi connectivity index (χ4v) is 3.08. The quantitative estimate of drug-likeness (QED) is 0.797. The first-order chi connectivity index (χ1) is 8.24. The lowest BCUT2D eigenvalue weighted by Crippen LogP contribution is -2.15. The van der Waals surface area contributed by atoms with E-state index in [1.54, 1.807) is 0 Å².